The molecule has 1 fully saturated rings. The molecule has 0 aliphatic carbocycles. The molecule has 2 aromatic carbocycles. The number of aliphatic hydroxyl groups is 1. The second-order valence-corrected chi connectivity index (χ2v) is 18.8. The van der Waals surface area contributed by atoms with E-state index in [9.17, 15) is 19.1 Å². The first-order valence-corrected chi connectivity index (χ1v) is 17.9. The van der Waals surface area contributed by atoms with Gasteiger partial charge in [0.1, 0.15) is 24.1 Å². The number of aromatic amines is 1. The Morgan fingerprint density at radius 3 is 2.43 bits per heavy atom. The number of alkyl carbamates (subject to hydrolysis) is 1. The maximum atomic E-state index is 14.1. The van der Waals surface area contributed by atoms with Crippen molar-refractivity contribution in [2.75, 3.05) is 13.1 Å². The van der Waals surface area contributed by atoms with Crippen molar-refractivity contribution in [2.45, 2.75) is 96.1 Å². The second-order valence-electron chi connectivity index (χ2n) is 14.0. The van der Waals surface area contributed by atoms with Crippen molar-refractivity contribution in [3.8, 4) is 0 Å². The highest BCUT2D eigenvalue weighted by Gasteiger charge is 2.52. The van der Waals surface area contributed by atoms with Gasteiger partial charge in [0, 0.05) is 29.6 Å². The minimum absolute atomic E-state index is 0.0196. The lowest BCUT2D eigenvalue weighted by Gasteiger charge is -2.39. The fraction of sp³-hybridized carbons (Fsp3) is 0.515. The van der Waals surface area contributed by atoms with Gasteiger partial charge in [0.05, 0.1) is 18.7 Å². The number of benzene rings is 2. The van der Waals surface area contributed by atoms with Gasteiger partial charge in [-0.25, -0.2) is 14.0 Å². The number of likely N-dealkylation sites (tertiary alicyclic amines) is 1. The van der Waals surface area contributed by atoms with Crippen LogP contribution in [0.25, 0.3) is 10.9 Å². The number of fused-ring (bicyclic) bond motifs is 1. The van der Waals surface area contributed by atoms with Gasteiger partial charge in [-0.05, 0) is 68.2 Å². The smallest absolute Gasteiger partial charge is 0.410 e. The zero-order valence-electron chi connectivity index (χ0n) is 26.9. The number of halogens is 1. The molecule has 2 amide bonds. The zero-order chi connectivity index (χ0) is 32.4. The summed E-state index contributed by atoms with van der Waals surface area (Å²) in [6, 6.07) is 12.9. The van der Waals surface area contributed by atoms with E-state index < -0.39 is 56.1 Å². The summed E-state index contributed by atoms with van der Waals surface area (Å²) in [4.78, 5) is 31.2. The minimum atomic E-state index is -2.36. The number of amides is 2. The van der Waals surface area contributed by atoms with Crippen LogP contribution in [0.15, 0.2) is 54.7 Å². The van der Waals surface area contributed by atoms with Gasteiger partial charge in [-0.3, -0.25) is 4.90 Å². The summed E-state index contributed by atoms with van der Waals surface area (Å²) in [5, 5.41) is 15.3. The molecule has 2 heterocycles. The van der Waals surface area contributed by atoms with Gasteiger partial charge < -0.3 is 29.3 Å². The number of aliphatic hydroxyl groups excluding tert-OH is 1. The van der Waals surface area contributed by atoms with Gasteiger partial charge in [0.15, 0.2) is 8.32 Å². The van der Waals surface area contributed by atoms with Crippen LogP contribution in [0.3, 0.4) is 0 Å². The molecule has 3 unspecified atom stereocenters. The Labute approximate surface area is 260 Å². The Balaban J connectivity index is 1.70. The zero-order valence-corrected chi connectivity index (χ0v) is 27.9. The average Bonchev–Trinajstić information content (AvgIpc) is 3.47. The molecule has 1 saturated heterocycles. The number of nitrogens with zero attached hydrogens (tertiary/aromatic N) is 1. The molecule has 0 spiro atoms. The van der Waals surface area contributed by atoms with E-state index in [1.165, 1.54) is 17.0 Å². The lowest BCUT2D eigenvalue weighted by atomic mass is 9.87. The number of H-pyrrole nitrogens is 1. The highest BCUT2D eigenvalue weighted by Crippen LogP contribution is 2.42. The average molecular weight is 628 g/mol. The monoisotopic (exact) mass is 627 g/mol. The quantitative estimate of drug-likeness (QED) is 0.240. The van der Waals surface area contributed by atoms with Gasteiger partial charge in [-0.1, -0.05) is 51.1 Å². The highest BCUT2D eigenvalue weighted by atomic mass is 28.4. The van der Waals surface area contributed by atoms with Crippen LogP contribution in [-0.4, -0.2) is 72.4 Å². The number of nitrogens with one attached hydrogen (secondary N) is 2. The molecule has 1 aliphatic heterocycles. The Hall–Kier alpha value is -3.41. The maximum Gasteiger partial charge on any atom is 0.410 e. The van der Waals surface area contributed by atoms with E-state index in [1.807, 2.05) is 30.3 Å². The Morgan fingerprint density at radius 1 is 1.11 bits per heavy atom. The predicted octanol–water partition coefficient (Wildman–Crippen LogP) is 6.69. The molecule has 240 valence electrons. The molecular weight excluding hydrogens is 581 g/mol. The van der Waals surface area contributed by atoms with Crippen molar-refractivity contribution in [2.24, 2.45) is 0 Å². The molecule has 1 aromatic heterocycles. The molecular formula is C33H46FN3O6Si. The van der Waals surface area contributed by atoms with Crippen LogP contribution in [0.5, 0.6) is 0 Å². The van der Waals surface area contributed by atoms with E-state index in [-0.39, 0.29) is 24.7 Å². The summed E-state index contributed by atoms with van der Waals surface area (Å²) < 4.78 is 32.0. The molecule has 0 saturated carbocycles. The van der Waals surface area contributed by atoms with Gasteiger partial charge >= 0.3 is 12.2 Å². The molecule has 3 N–H and O–H groups in total. The predicted molar refractivity (Wildman–Crippen MR) is 170 cm³/mol. The molecule has 3 aromatic rings. The second kappa shape index (κ2) is 12.9. The van der Waals surface area contributed by atoms with E-state index >= 15 is 0 Å². The molecule has 11 heteroatoms. The third-order valence-corrected chi connectivity index (χ3v) is 13.0. The van der Waals surface area contributed by atoms with E-state index in [0.29, 0.717) is 16.5 Å². The number of rotatable bonds is 8. The van der Waals surface area contributed by atoms with Crippen molar-refractivity contribution in [3.63, 3.8) is 0 Å². The summed E-state index contributed by atoms with van der Waals surface area (Å²) in [5.41, 5.74) is 1.32. The van der Waals surface area contributed by atoms with Crippen molar-refractivity contribution in [3.05, 3.63) is 71.7 Å². The fourth-order valence-electron chi connectivity index (χ4n) is 5.27. The number of hydrogen-bond acceptors (Lipinski definition) is 6. The van der Waals surface area contributed by atoms with E-state index in [2.05, 4.69) is 44.2 Å². The highest BCUT2D eigenvalue weighted by molar-refractivity contribution is 6.74. The molecule has 0 bridgehead atoms. The van der Waals surface area contributed by atoms with Crippen molar-refractivity contribution >= 4 is 31.4 Å². The largest absolute Gasteiger partial charge is 0.445 e. The Morgan fingerprint density at radius 2 is 1.80 bits per heavy atom. The molecule has 0 radical (unpaired) electrons. The van der Waals surface area contributed by atoms with Gasteiger partial charge in [-0.15, -0.1) is 0 Å². The maximum absolute atomic E-state index is 14.1. The SMILES string of the molecule is CC(C)(C)OC(=O)N1CC(O[Si](C)(C)C(C)(C)C)C(O)C1[C@H](CNC(=O)OCc1ccccc1)c1c[nH]c2cc(F)ccc12. The van der Waals surface area contributed by atoms with E-state index in [0.717, 1.165) is 5.56 Å². The number of ether oxygens (including phenoxy) is 2. The Bertz CT molecular complexity index is 1450. The number of aromatic nitrogens is 1. The van der Waals surface area contributed by atoms with Crippen molar-refractivity contribution < 1.29 is 33.0 Å². The van der Waals surface area contributed by atoms with Crippen LogP contribution in [0.4, 0.5) is 14.0 Å². The lowest BCUT2D eigenvalue weighted by Crippen LogP contribution is -2.49. The van der Waals surface area contributed by atoms with Crippen LogP contribution in [0.2, 0.25) is 18.1 Å². The van der Waals surface area contributed by atoms with Crippen LogP contribution in [0, 0.1) is 5.82 Å². The van der Waals surface area contributed by atoms with Crippen LogP contribution < -0.4 is 5.32 Å². The summed E-state index contributed by atoms with van der Waals surface area (Å²) in [6.45, 7) is 16.1. The standard InChI is InChI=1S/C33H46FN3O6Si/c1-32(2,3)42-31(40)37-19-27(43-44(7,8)33(4,5)6)29(38)28(37)25(24-17-35-26-16-22(34)14-15-23(24)26)18-36-30(39)41-20-21-12-10-9-11-13-21/h9-17,25,27-29,35,38H,18-20H2,1-8H3,(H,36,39)/t25-,27?,28?,29?/m1/s1. The number of carbonyl (C=O) groups is 2. The van der Waals surface area contributed by atoms with Crippen molar-refractivity contribution in [1.29, 1.82) is 0 Å². The molecule has 9 nitrogen and oxygen atoms in total. The third kappa shape index (κ3) is 7.80. The van der Waals surface area contributed by atoms with Crippen LogP contribution in [0.1, 0.15) is 58.6 Å². The van der Waals surface area contributed by atoms with Crippen LogP contribution >= 0.6 is 0 Å². The third-order valence-electron chi connectivity index (χ3n) is 8.51. The van der Waals surface area contributed by atoms with Crippen LogP contribution in [-0.2, 0) is 20.5 Å². The molecule has 44 heavy (non-hydrogen) atoms. The first-order chi connectivity index (χ1) is 20.5. The first-order valence-electron chi connectivity index (χ1n) is 15.0. The Kier molecular flexibility index (Phi) is 9.82. The summed E-state index contributed by atoms with van der Waals surface area (Å²) >= 11 is 0. The summed E-state index contributed by atoms with van der Waals surface area (Å²) in [7, 11) is -2.36. The normalized spacial score (nSPS) is 20.0. The molecule has 4 rings (SSSR count). The van der Waals surface area contributed by atoms with Gasteiger partial charge in [0.2, 0.25) is 0 Å². The number of carbonyl (C=O) groups excluding carboxylic acids is 2. The van der Waals surface area contributed by atoms with E-state index in [4.69, 9.17) is 13.9 Å². The number of hydrogen-bond donors (Lipinski definition) is 3. The van der Waals surface area contributed by atoms with E-state index in [1.54, 1.807) is 33.0 Å². The lowest BCUT2D eigenvalue weighted by molar-refractivity contribution is 0.00929. The van der Waals surface area contributed by atoms with Gasteiger partial charge in [-0.2, -0.15) is 0 Å². The molecule has 4 atom stereocenters. The summed E-state index contributed by atoms with van der Waals surface area (Å²) in [5.74, 6) is -1.03. The van der Waals surface area contributed by atoms with Gasteiger partial charge in [0.25, 0.3) is 0 Å². The van der Waals surface area contributed by atoms with Crippen molar-refractivity contribution in [1.82, 2.24) is 15.2 Å². The minimum Gasteiger partial charge on any atom is -0.445 e. The summed E-state index contributed by atoms with van der Waals surface area (Å²) in [6.07, 6.45) is -1.29. The molecule has 1 aliphatic rings. The topological polar surface area (TPSA) is 113 Å². The first kappa shape index (κ1) is 33.5. The fourth-order valence-corrected chi connectivity index (χ4v) is 6.60.